The molecular formula is C14H20N2. The highest BCUT2D eigenvalue weighted by molar-refractivity contribution is 5.35. The molecule has 0 saturated heterocycles. The molecule has 86 valence electrons. The van der Waals surface area contributed by atoms with Crippen LogP contribution in [-0.2, 0) is 6.42 Å². The number of rotatable bonds is 3. The molecule has 3 N–H and O–H groups in total. The number of hydrogen-bond acceptors (Lipinski definition) is 2. The Balaban J connectivity index is 2.34. The van der Waals surface area contributed by atoms with E-state index in [0.29, 0.717) is 5.92 Å². The van der Waals surface area contributed by atoms with Crippen molar-refractivity contribution in [3.8, 4) is 0 Å². The summed E-state index contributed by atoms with van der Waals surface area (Å²) >= 11 is 0. The van der Waals surface area contributed by atoms with Gasteiger partial charge < -0.3 is 0 Å². The first kappa shape index (κ1) is 11.4. The Kier molecular flexibility index (Phi) is 3.42. The third kappa shape index (κ3) is 2.04. The topological polar surface area (TPSA) is 38.0 Å². The van der Waals surface area contributed by atoms with Gasteiger partial charge in [-0.2, -0.15) is 0 Å². The van der Waals surface area contributed by atoms with Gasteiger partial charge in [-0.15, -0.1) is 0 Å². The summed E-state index contributed by atoms with van der Waals surface area (Å²) in [6.45, 7) is 6.08. The van der Waals surface area contributed by atoms with Crippen LogP contribution < -0.4 is 11.3 Å². The van der Waals surface area contributed by atoms with Crippen LogP contribution in [0.5, 0.6) is 0 Å². The van der Waals surface area contributed by atoms with E-state index in [2.05, 4.69) is 36.3 Å². The molecular weight excluding hydrogens is 196 g/mol. The maximum atomic E-state index is 5.65. The maximum Gasteiger partial charge on any atom is 0.0483 e. The minimum atomic E-state index is 0.196. The van der Waals surface area contributed by atoms with Gasteiger partial charge in [0.25, 0.3) is 0 Å². The van der Waals surface area contributed by atoms with Crippen molar-refractivity contribution in [1.29, 1.82) is 0 Å². The van der Waals surface area contributed by atoms with Gasteiger partial charge in [-0.25, -0.2) is 0 Å². The van der Waals surface area contributed by atoms with Gasteiger partial charge in [0.15, 0.2) is 0 Å². The molecule has 16 heavy (non-hydrogen) atoms. The summed E-state index contributed by atoms with van der Waals surface area (Å²) in [4.78, 5) is 0. The fourth-order valence-electron chi connectivity index (χ4n) is 2.74. The van der Waals surface area contributed by atoms with Gasteiger partial charge in [0, 0.05) is 12.0 Å². The number of nitrogens with one attached hydrogen (secondary N) is 1. The van der Waals surface area contributed by atoms with Crippen molar-refractivity contribution in [1.82, 2.24) is 5.43 Å². The Labute approximate surface area is 97.5 Å². The summed E-state index contributed by atoms with van der Waals surface area (Å²) in [6.07, 6.45) is 3.63. The summed E-state index contributed by atoms with van der Waals surface area (Å²) in [5.74, 6) is 6.13. The molecule has 0 aromatic heterocycles. The van der Waals surface area contributed by atoms with Crippen LogP contribution in [0.2, 0.25) is 0 Å². The van der Waals surface area contributed by atoms with E-state index in [1.54, 1.807) is 0 Å². The van der Waals surface area contributed by atoms with Gasteiger partial charge in [-0.1, -0.05) is 36.4 Å². The van der Waals surface area contributed by atoms with Crippen molar-refractivity contribution >= 4 is 0 Å². The molecule has 0 aliphatic heterocycles. The zero-order valence-electron chi connectivity index (χ0n) is 9.87. The normalized spacial score (nSPS) is 21.2. The van der Waals surface area contributed by atoms with Gasteiger partial charge in [-0.3, -0.25) is 11.3 Å². The zero-order chi connectivity index (χ0) is 11.5. The fraction of sp³-hybridized carbons (Fsp3) is 0.429. The van der Waals surface area contributed by atoms with Crippen LogP contribution in [0.25, 0.3) is 0 Å². The lowest BCUT2D eigenvalue weighted by Crippen LogP contribution is -2.41. The number of aryl methyl sites for hydroxylation is 1. The molecule has 2 nitrogen and oxygen atoms in total. The lowest BCUT2D eigenvalue weighted by molar-refractivity contribution is 0.437. The summed E-state index contributed by atoms with van der Waals surface area (Å²) < 4.78 is 0. The smallest absolute Gasteiger partial charge is 0.0483 e. The largest absolute Gasteiger partial charge is 0.271 e. The molecule has 0 spiro atoms. The molecule has 0 saturated carbocycles. The van der Waals surface area contributed by atoms with Crippen molar-refractivity contribution in [2.75, 3.05) is 0 Å². The van der Waals surface area contributed by atoms with Crippen LogP contribution in [-0.4, -0.2) is 6.04 Å². The van der Waals surface area contributed by atoms with Gasteiger partial charge in [0.05, 0.1) is 0 Å². The minimum Gasteiger partial charge on any atom is -0.271 e. The van der Waals surface area contributed by atoms with Crippen LogP contribution >= 0.6 is 0 Å². The second-order valence-corrected chi connectivity index (χ2v) is 4.69. The molecule has 2 unspecified atom stereocenters. The maximum absolute atomic E-state index is 5.65. The number of fused-ring (bicyclic) bond motifs is 1. The molecule has 0 radical (unpaired) electrons. The van der Waals surface area contributed by atoms with Crippen LogP contribution in [0, 0.1) is 0 Å². The first-order valence-corrected chi connectivity index (χ1v) is 5.93. The summed E-state index contributed by atoms with van der Waals surface area (Å²) in [6, 6.07) is 8.89. The van der Waals surface area contributed by atoms with E-state index in [-0.39, 0.29) is 6.04 Å². The molecule has 1 aliphatic carbocycles. The number of hydrogen-bond donors (Lipinski definition) is 2. The summed E-state index contributed by atoms with van der Waals surface area (Å²) in [7, 11) is 0. The average molecular weight is 216 g/mol. The number of benzene rings is 1. The molecule has 1 aliphatic rings. The lowest BCUT2D eigenvalue weighted by atomic mass is 9.77. The predicted molar refractivity (Wildman–Crippen MR) is 68.0 cm³/mol. The van der Waals surface area contributed by atoms with Crippen LogP contribution in [0.1, 0.15) is 36.8 Å². The molecule has 0 bridgehead atoms. The van der Waals surface area contributed by atoms with E-state index < -0.39 is 0 Å². The number of hydrazine groups is 1. The van der Waals surface area contributed by atoms with Crippen molar-refractivity contribution in [3.05, 3.63) is 47.5 Å². The molecule has 1 aromatic carbocycles. The molecule has 0 amide bonds. The van der Waals surface area contributed by atoms with Crippen LogP contribution in [0.3, 0.4) is 0 Å². The monoisotopic (exact) mass is 216 g/mol. The molecule has 2 rings (SSSR count). The fourth-order valence-corrected chi connectivity index (χ4v) is 2.74. The van der Waals surface area contributed by atoms with Gasteiger partial charge in [0.2, 0.25) is 0 Å². The van der Waals surface area contributed by atoms with E-state index in [4.69, 9.17) is 5.84 Å². The third-order valence-electron chi connectivity index (χ3n) is 3.53. The Morgan fingerprint density at radius 1 is 1.50 bits per heavy atom. The lowest BCUT2D eigenvalue weighted by Gasteiger charge is -2.32. The minimum absolute atomic E-state index is 0.196. The van der Waals surface area contributed by atoms with E-state index >= 15 is 0 Å². The summed E-state index contributed by atoms with van der Waals surface area (Å²) in [5, 5.41) is 0. The highest BCUT2D eigenvalue weighted by atomic mass is 15.2. The Bertz CT molecular complexity index is 384. The van der Waals surface area contributed by atoms with Gasteiger partial charge in [0.1, 0.15) is 0 Å². The first-order valence-electron chi connectivity index (χ1n) is 5.93. The molecule has 0 heterocycles. The van der Waals surface area contributed by atoms with Gasteiger partial charge in [-0.05, 0) is 37.3 Å². The van der Waals surface area contributed by atoms with E-state index in [1.807, 2.05) is 6.92 Å². The Morgan fingerprint density at radius 3 is 2.94 bits per heavy atom. The molecule has 0 fully saturated rings. The Morgan fingerprint density at radius 2 is 2.25 bits per heavy atom. The predicted octanol–water partition coefficient (Wildman–Crippen LogP) is 2.51. The molecule has 1 aromatic rings. The first-order chi connectivity index (χ1) is 7.74. The average Bonchev–Trinajstić information content (AvgIpc) is 2.30. The molecule has 2 atom stereocenters. The summed E-state index contributed by atoms with van der Waals surface area (Å²) in [5.41, 5.74) is 6.94. The van der Waals surface area contributed by atoms with Crippen molar-refractivity contribution in [2.45, 2.75) is 38.1 Å². The zero-order valence-corrected chi connectivity index (χ0v) is 9.87. The van der Waals surface area contributed by atoms with Crippen molar-refractivity contribution in [3.63, 3.8) is 0 Å². The van der Waals surface area contributed by atoms with E-state index in [9.17, 15) is 0 Å². The highest BCUT2D eigenvalue weighted by Gasteiger charge is 2.27. The van der Waals surface area contributed by atoms with Crippen LogP contribution in [0.4, 0.5) is 0 Å². The van der Waals surface area contributed by atoms with E-state index in [1.165, 1.54) is 30.4 Å². The van der Waals surface area contributed by atoms with Crippen LogP contribution in [0.15, 0.2) is 36.4 Å². The highest BCUT2D eigenvalue weighted by Crippen LogP contribution is 2.35. The second kappa shape index (κ2) is 4.81. The SMILES string of the molecule is C=C(C)C(NN)C1CCCc2ccccc21. The quantitative estimate of drug-likeness (QED) is 0.463. The number of nitrogens with two attached hydrogens (primary N) is 1. The Hall–Kier alpha value is -1.12. The second-order valence-electron chi connectivity index (χ2n) is 4.69. The van der Waals surface area contributed by atoms with E-state index in [0.717, 1.165) is 5.57 Å². The van der Waals surface area contributed by atoms with Crippen molar-refractivity contribution < 1.29 is 0 Å². The molecule has 2 heteroatoms. The third-order valence-corrected chi connectivity index (χ3v) is 3.53. The van der Waals surface area contributed by atoms with Gasteiger partial charge >= 0.3 is 0 Å². The van der Waals surface area contributed by atoms with Crippen molar-refractivity contribution in [2.24, 2.45) is 5.84 Å². The standard InChI is InChI=1S/C14H20N2/c1-10(2)14(16-15)13-9-5-7-11-6-3-4-8-12(11)13/h3-4,6,8,13-14,16H,1,5,7,9,15H2,2H3.